The van der Waals surface area contributed by atoms with Crippen molar-refractivity contribution in [3.63, 3.8) is 0 Å². The molecule has 0 radical (unpaired) electrons. The molecule has 21 heteroatoms. The summed E-state index contributed by atoms with van der Waals surface area (Å²) in [6.45, 7) is 4.23. The molecule has 13 nitrogen and oxygen atoms in total. The van der Waals surface area contributed by atoms with E-state index in [1.165, 1.54) is 48.5 Å². The molecule has 0 aliphatic heterocycles. The van der Waals surface area contributed by atoms with E-state index in [0.717, 1.165) is 52.1 Å². The number of ketones is 2. The van der Waals surface area contributed by atoms with Gasteiger partial charge in [-0.25, -0.2) is 26.0 Å². The summed E-state index contributed by atoms with van der Waals surface area (Å²) in [6, 6.07) is 51.3. The third-order valence-corrected chi connectivity index (χ3v) is 13.3. The topological polar surface area (TPSA) is 234 Å². The van der Waals surface area contributed by atoms with Gasteiger partial charge in [0.25, 0.3) is 0 Å². The van der Waals surface area contributed by atoms with E-state index in [1.54, 1.807) is 60.7 Å². The van der Waals surface area contributed by atoms with Crippen molar-refractivity contribution in [3.05, 3.63) is 280 Å². The monoisotopic (exact) mass is 1160 g/mol. The van der Waals surface area contributed by atoms with Gasteiger partial charge >= 0.3 is 59.1 Å². The molecule has 81 heavy (non-hydrogen) atoms. The van der Waals surface area contributed by atoms with E-state index in [2.05, 4.69) is 23.2 Å². The molecule has 0 heterocycles. The first-order valence-electron chi connectivity index (χ1n) is 23.3. The van der Waals surface area contributed by atoms with Crippen LogP contribution in [0.1, 0.15) is 79.4 Å². The third kappa shape index (κ3) is 19.1. The predicted molar refractivity (Wildman–Crippen MR) is 282 cm³/mol. The van der Waals surface area contributed by atoms with Gasteiger partial charge in [0.2, 0.25) is 0 Å². The molecule has 406 valence electrons. The first kappa shape index (κ1) is 66.7. The van der Waals surface area contributed by atoms with Gasteiger partial charge in [-0.1, -0.05) is 74.5 Å². The molecule has 0 aliphatic carbocycles. The van der Waals surface area contributed by atoms with Gasteiger partial charge in [-0.2, -0.15) is 4.33 Å². The number of benzene rings is 9. The van der Waals surface area contributed by atoms with Gasteiger partial charge in [-0.05, 0) is 173 Å². The van der Waals surface area contributed by atoms with Crippen molar-refractivity contribution < 1.29 is 139 Å². The Hall–Kier alpha value is -6.82. The van der Waals surface area contributed by atoms with Crippen LogP contribution >= 0.6 is 12.0 Å². The second kappa shape index (κ2) is 30.8. The summed E-state index contributed by atoms with van der Waals surface area (Å²) in [7, 11) is -5.11. The van der Waals surface area contributed by atoms with Crippen LogP contribution in [0.5, 0.6) is 28.7 Å². The van der Waals surface area contributed by atoms with Crippen LogP contribution in [0.25, 0.3) is 0 Å². The van der Waals surface area contributed by atoms with E-state index in [-0.39, 0.29) is 133 Å². The minimum atomic E-state index is -5.11. The summed E-state index contributed by atoms with van der Waals surface area (Å²) in [6.07, 6.45) is 0. The maximum Gasteiger partial charge on any atom is 1.00 e. The molecule has 9 aromatic rings. The Kier molecular flexibility index (Phi) is 25.4. The summed E-state index contributed by atoms with van der Waals surface area (Å²) in [5.74, 6) is -2.77. The van der Waals surface area contributed by atoms with Gasteiger partial charge < -0.3 is 35.3 Å². The Balaban J connectivity index is 0.000000233. The molecule has 0 aromatic heterocycles. The van der Waals surface area contributed by atoms with Crippen molar-refractivity contribution in [1.29, 1.82) is 0 Å². The fourth-order valence-electron chi connectivity index (χ4n) is 7.63. The molecular formula is C60H46F4Na2O13S2. The first-order valence-corrected chi connectivity index (χ1v) is 25.4. The van der Waals surface area contributed by atoms with E-state index in [0.29, 0.717) is 23.3 Å². The third-order valence-electron chi connectivity index (χ3n) is 11.9. The largest absolute Gasteiger partial charge is 1.00 e. The minimum absolute atomic E-state index is 0. The molecule has 9 rings (SSSR count). The molecule has 0 amide bonds. The van der Waals surface area contributed by atoms with E-state index >= 15 is 0 Å². The Morgan fingerprint density at radius 3 is 1.12 bits per heavy atom. The molecule has 0 saturated carbocycles. The first-order chi connectivity index (χ1) is 37.5. The summed E-state index contributed by atoms with van der Waals surface area (Å²) < 4.78 is 89.0. The number of carbonyl (C=O) groups is 2. The summed E-state index contributed by atoms with van der Waals surface area (Å²) in [5.41, 5.74) is 5.52. The number of phenols is 5. The van der Waals surface area contributed by atoms with Crippen molar-refractivity contribution in [1.82, 2.24) is 0 Å². The van der Waals surface area contributed by atoms with Crippen LogP contribution in [0.15, 0.2) is 216 Å². The van der Waals surface area contributed by atoms with Gasteiger partial charge in [0, 0.05) is 33.6 Å². The molecule has 0 aliphatic rings. The molecule has 0 fully saturated rings. The fraction of sp³-hybridized carbons (Fsp3) is 0.0667. The minimum Gasteiger partial charge on any atom is -0.744 e. The Labute approximate surface area is 512 Å². The Morgan fingerprint density at radius 2 is 0.778 bits per heavy atom. The predicted octanol–water partition coefficient (Wildman–Crippen LogP) is 5.94. The zero-order valence-corrected chi connectivity index (χ0v) is 49.2. The van der Waals surface area contributed by atoms with E-state index in [4.69, 9.17) is 0 Å². The Morgan fingerprint density at radius 1 is 0.469 bits per heavy atom. The van der Waals surface area contributed by atoms with Crippen LogP contribution in [0.2, 0.25) is 0 Å². The van der Waals surface area contributed by atoms with E-state index in [9.17, 15) is 70.9 Å². The molecule has 0 bridgehead atoms. The normalized spacial score (nSPS) is 10.7. The van der Waals surface area contributed by atoms with Gasteiger partial charge in [0.15, 0.2) is 11.6 Å². The van der Waals surface area contributed by atoms with Gasteiger partial charge in [0.05, 0.1) is 21.8 Å². The summed E-state index contributed by atoms with van der Waals surface area (Å²) >= 11 is 0.216. The van der Waals surface area contributed by atoms with Gasteiger partial charge in [0.1, 0.15) is 62.1 Å². The quantitative estimate of drug-likeness (QED) is 0.0131. The molecule has 9 aromatic carbocycles. The van der Waals surface area contributed by atoms with Crippen LogP contribution in [-0.4, -0.2) is 50.1 Å². The number of halogens is 4. The molecular weight excluding hydrogens is 1110 g/mol. The number of rotatable bonds is 13. The molecule has 0 saturated heterocycles. The maximum atomic E-state index is 13.5. The van der Waals surface area contributed by atoms with E-state index < -0.39 is 44.1 Å². The summed E-state index contributed by atoms with van der Waals surface area (Å²) in [5, 5.41) is 59.9. The molecule has 0 unspecified atom stereocenters. The number of carbonyl (C=O) groups excluding carboxylic acids is 2. The SMILES string of the molecule is CC(C)(c1ccc(O)cc1)c1ccc(O)cc1.O=C(c1ccc(F)c(SOO[O-])c1)c1ccc(F)c(S(=O)(=O)[O-])c1.O=C(c1ccc(F)cc1)c1ccc(F)cc1.Oc1ccc(C(c2ccc(O)cc2)c2ccc(O)cc2)cc1.[Na+].[Na+]. The van der Waals surface area contributed by atoms with Gasteiger partial charge in [-0.3, -0.25) is 14.6 Å². The van der Waals surface area contributed by atoms with Crippen molar-refractivity contribution in [3.8, 4) is 28.7 Å². The number of hydrogen-bond donors (Lipinski definition) is 5. The average Bonchev–Trinajstić information content (AvgIpc) is 3.49. The number of aromatic hydroxyl groups is 5. The Bertz CT molecular complexity index is 3400. The standard InChI is InChI=1S/C19H16O3.C15H16O2.C13H8F2O7S2.C13H8F2O.2Na/c20-16-7-1-13(2-8-16)19(14-3-9-17(21)10-4-14)15-5-11-18(22)12-6-15;1-15(2,11-3-7-13(16)8-4-11)12-5-9-14(17)10-6-12;14-9-3-1-7(5-11(9)23-22-21-17)13(16)8-2-4-10(15)12(6-8)24(18,19)20;14-11-5-1-9(2-6-11)13(16)10-3-7-12(15)8-4-10;;/h1-12,19-22H;3-10,16-17H,1-2H3;1-6,17H,(H,18,19,20);1-8H;;/q;;;;2*+1/p-2. The summed E-state index contributed by atoms with van der Waals surface area (Å²) in [4.78, 5) is 22.7. The molecule has 5 N–H and O–H groups in total. The zero-order chi connectivity index (χ0) is 57.4. The smallest absolute Gasteiger partial charge is 0.744 e. The second-order valence-corrected chi connectivity index (χ2v) is 19.7. The van der Waals surface area contributed by atoms with Crippen LogP contribution < -0.4 is 64.4 Å². The van der Waals surface area contributed by atoms with Gasteiger partial charge in [-0.15, -0.1) is 0 Å². The molecule has 0 spiro atoms. The zero-order valence-electron chi connectivity index (χ0n) is 43.5. The van der Waals surface area contributed by atoms with Crippen LogP contribution in [0.4, 0.5) is 17.6 Å². The number of phenolic OH excluding ortho intramolecular Hbond substituents is 5. The maximum absolute atomic E-state index is 13.5. The van der Waals surface area contributed by atoms with Crippen molar-refractivity contribution in [2.45, 2.75) is 35.0 Å². The van der Waals surface area contributed by atoms with Crippen molar-refractivity contribution in [2.75, 3.05) is 0 Å². The second-order valence-electron chi connectivity index (χ2n) is 17.6. The number of hydrogen-bond acceptors (Lipinski definition) is 14. The van der Waals surface area contributed by atoms with Crippen molar-refractivity contribution in [2.24, 2.45) is 0 Å². The molecule has 0 atom stereocenters. The van der Waals surface area contributed by atoms with Crippen LogP contribution in [-0.2, 0) is 24.9 Å². The van der Waals surface area contributed by atoms with Crippen LogP contribution in [0.3, 0.4) is 0 Å². The average molecular weight is 1160 g/mol. The fourth-order valence-corrected chi connectivity index (χ4v) is 8.63. The van der Waals surface area contributed by atoms with Crippen LogP contribution in [0, 0.1) is 23.3 Å². The van der Waals surface area contributed by atoms with Crippen molar-refractivity contribution >= 4 is 33.7 Å². The van der Waals surface area contributed by atoms with E-state index in [1.807, 2.05) is 60.7 Å².